The zero-order valence-corrected chi connectivity index (χ0v) is 9.81. The van der Waals surface area contributed by atoms with Crippen LogP contribution >= 0.6 is 0 Å². The van der Waals surface area contributed by atoms with Crippen LogP contribution in [0.3, 0.4) is 0 Å². The Hall–Kier alpha value is -0.390. The van der Waals surface area contributed by atoms with Crippen molar-refractivity contribution in [1.29, 1.82) is 0 Å². The molecule has 1 aliphatic heterocycles. The van der Waals surface area contributed by atoms with Crippen LogP contribution in [0.15, 0.2) is 12.7 Å². The summed E-state index contributed by atoms with van der Waals surface area (Å²) in [6, 6.07) is 0. The lowest BCUT2D eigenvalue weighted by atomic mass is 10.4. The van der Waals surface area contributed by atoms with E-state index in [0.29, 0.717) is 13.1 Å². The van der Waals surface area contributed by atoms with Gasteiger partial charge in [0, 0.05) is 26.2 Å². The van der Waals surface area contributed by atoms with Crippen molar-refractivity contribution < 1.29 is 8.42 Å². The van der Waals surface area contributed by atoms with Crippen molar-refractivity contribution >= 4 is 10.0 Å². The molecule has 0 aromatic heterocycles. The van der Waals surface area contributed by atoms with Crippen molar-refractivity contribution in [2.75, 3.05) is 31.9 Å². The fourth-order valence-corrected chi connectivity index (χ4v) is 2.42. The molecule has 4 nitrogen and oxygen atoms in total. The summed E-state index contributed by atoms with van der Waals surface area (Å²) in [6.07, 6.45) is 1.43. The van der Waals surface area contributed by atoms with Gasteiger partial charge in [0.05, 0.1) is 5.75 Å². The highest BCUT2D eigenvalue weighted by Crippen LogP contribution is 2.02. The van der Waals surface area contributed by atoms with Crippen molar-refractivity contribution in [3.05, 3.63) is 12.7 Å². The maximum atomic E-state index is 11.4. The van der Waals surface area contributed by atoms with E-state index >= 15 is 0 Å². The second-order valence-corrected chi connectivity index (χ2v) is 4.73. The predicted molar refractivity (Wildman–Crippen MR) is 59.8 cm³/mol. The Labute approximate surface area is 87.0 Å². The Bertz CT molecular complexity index is 244. The Balaban J connectivity index is 0.000000791. The maximum Gasteiger partial charge on any atom is 0.217 e. The Morgan fingerprint density at radius 3 is 2.29 bits per heavy atom. The lowest BCUT2D eigenvalue weighted by Gasteiger charge is -2.25. The van der Waals surface area contributed by atoms with Gasteiger partial charge in [-0.15, -0.1) is 6.58 Å². The summed E-state index contributed by atoms with van der Waals surface area (Å²) in [6.45, 7) is 10.1. The molecule has 5 heteroatoms. The zero-order chi connectivity index (χ0) is 11.0. The summed E-state index contributed by atoms with van der Waals surface area (Å²) >= 11 is 0. The molecule has 0 amide bonds. The quantitative estimate of drug-likeness (QED) is 0.702. The zero-order valence-electron chi connectivity index (χ0n) is 8.99. The Morgan fingerprint density at radius 2 is 1.86 bits per heavy atom. The molecule has 84 valence electrons. The molecular formula is C9H20N2O2S. The summed E-state index contributed by atoms with van der Waals surface area (Å²) in [5.74, 6) is 0.0486. The monoisotopic (exact) mass is 220 g/mol. The van der Waals surface area contributed by atoms with E-state index < -0.39 is 10.0 Å². The maximum absolute atomic E-state index is 11.4. The number of sulfonamides is 1. The molecule has 0 spiro atoms. The first-order chi connectivity index (χ1) is 6.67. The molecule has 1 saturated heterocycles. The minimum atomic E-state index is -3.06. The molecule has 1 fully saturated rings. The topological polar surface area (TPSA) is 49.4 Å². The van der Waals surface area contributed by atoms with Gasteiger partial charge in [0.1, 0.15) is 0 Å². The number of nitrogens with zero attached hydrogens (tertiary/aromatic N) is 1. The summed E-state index contributed by atoms with van der Waals surface area (Å²) in [4.78, 5) is 0. The second-order valence-electron chi connectivity index (χ2n) is 2.72. The highest BCUT2D eigenvalue weighted by Gasteiger charge is 2.21. The molecule has 0 aliphatic carbocycles. The van der Waals surface area contributed by atoms with Gasteiger partial charge in [-0.1, -0.05) is 19.9 Å². The van der Waals surface area contributed by atoms with Crippen LogP contribution in [0.4, 0.5) is 0 Å². The van der Waals surface area contributed by atoms with E-state index in [-0.39, 0.29) is 5.75 Å². The molecule has 1 N–H and O–H groups in total. The summed E-state index contributed by atoms with van der Waals surface area (Å²) in [5.41, 5.74) is 0. The fourth-order valence-electron chi connectivity index (χ4n) is 1.18. The minimum absolute atomic E-state index is 0.0486. The van der Waals surface area contributed by atoms with Gasteiger partial charge < -0.3 is 5.32 Å². The third-order valence-electron chi connectivity index (χ3n) is 1.80. The third-order valence-corrected chi connectivity index (χ3v) is 3.61. The van der Waals surface area contributed by atoms with Crippen LogP contribution in [0.5, 0.6) is 0 Å². The molecule has 0 aromatic carbocycles. The van der Waals surface area contributed by atoms with Crippen molar-refractivity contribution in [3.8, 4) is 0 Å². The number of nitrogens with one attached hydrogen (secondary N) is 1. The number of hydrogen-bond donors (Lipinski definition) is 1. The van der Waals surface area contributed by atoms with E-state index in [1.54, 1.807) is 0 Å². The smallest absolute Gasteiger partial charge is 0.217 e. The van der Waals surface area contributed by atoms with Crippen LogP contribution in [-0.4, -0.2) is 44.7 Å². The molecule has 0 saturated carbocycles. The van der Waals surface area contributed by atoms with Gasteiger partial charge >= 0.3 is 0 Å². The molecule has 0 atom stereocenters. The minimum Gasteiger partial charge on any atom is -0.314 e. The van der Waals surface area contributed by atoms with Crippen LogP contribution in [0.25, 0.3) is 0 Å². The molecule has 0 radical (unpaired) electrons. The van der Waals surface area contributed by atoms with Crippen molar-refractivity contribution in [1.82, 2.24) is 9.62 Å². The first-order valence-electron chi connectivity index (χ1n) is 4.96. The predicted octanol–water partition coefficient (Wildman–Crippen LogP) is 0.434. The van der Waals surface area contributed by atoms with Crippen molar-refractivity contribution in [2.45, 2.75) is 13.8 Å². The molecule has 0 aromatic rings. The molecule has 0 unspecified atom stereocenters. The van der Waals surface area contributed by atoms with E-state index in [2.05, 4.69) is 11.9 Å². The van der Waals surface area contributed by atoms with Crippen molar-refractivity contribution in [2.24, 2.45) is 0 Å². The average Bonchev–Trinajstić information content (AvgIpc) is 2.22. The van der Waals surface area contributed by atoms with E-state index in [1.807, 2.05) is 13.8 Å². The number of hydrogen-bond acceptors (Lipinski definition) is 3. The van der Waals surface area contributed by atoms with Crippen molar-refractivity contribution in [3.63, 3.8) is 0 Å². The third kappa shape index (κ3) is 4.21. The van der Waals surface area contributed by atoms with Crippen LogP contribution < -0.4 is 5.32 Å². The molecule has 1 aliphatic rings. The fraction of sp³-hybridized carbons (Fsp3) is 0.778. The number of piperazine rings is 1. The lowest BCUT2D eigenvalue weighted by molar-refractivity contribution is 0.361. The van der Waals surface area contributed by atoms with Gasteiger partial charge in [-0.3, -0.25) is 0 Å². The SMILES string of the molecule is C=CCS(=O)(=O)N1CCNCC1.CC. The van der Waals surface area contributed by atoms with E-state index in [0.717, 1.165) is 13.1 Å². The normalized spacial score (nSPS) is 18.1. The van der Waals surface area contributed by atoms with Gasteiger partial charge in [-0.2, -0.15) is 4.31 Å². The molecule has 1 rings (SSSR count). The molecule has 0 bridgehead atoms. The van der Waals surface area contributed by atoms with E-state index in [9.17, 15) is 8.42 Å². The highest BCUT2D eigenvalue weighted by molar-refractivity contribution is 7.89. The largest absolute Gasteiger partial charge is 0.314 e. The van der Waals surface area contributed by atoms with Crippen LogP contribution in [-0.2, 0) is 10.0 Å². The van der Waals surface area contributed by atoms with Crippen LogP contribution in [0, 0.1) is 0 Å². The average molecular weight is 220 g/mol. The molecular weight excluding hydrogens is 200 g/mol. The van der Waals surface area contributed by atoms with Gasteiger partial charge in [0.15, 0.2) is 0 Å². The first kappa shape index (κ1) is 13.6. The van der Waals surface area contributed by atoms with Crippen LogP contribution in [0.1, 0.15) is 13.8 Å². The molecule has 14 heavy (non-hydrogen) atoms. The highest BCUT2D eigenvalue weighted by atomic mass is 32.2. The lowest BCUT2D eigenvalue weighted by Crippen LogP contribution is -2.46. The van der Waals surface area contributed by atoms with Gasteiger partial charge in [0.25, 0.3) is 0 Å². The van der Waals surface area contributed by atoms with Gasteiger partial charge in [-0.05, 0) is 0 Å². The summed E-state index contributed by atoms with van der Waals surface area (Å²) in [7, 11) is -3.06. The number of rotatable bonds is 3. The van der Waals surface area contributed by atoms with Crippen LogP contribution in [0.2, 0.25) is 0 Å². The Morgan fingerprint density at radius 1 is 1.36 bits per heavy atom. The van der Waals surface area contributed by atoms with E-state index in [4.69, 9.17) is 0 Å². The molecule has 1 heterocycles. The summed E-state index contributed by atoms with van der Waals surface area (Å²) in [5, 5.41) is 3.10. The Kier molecular flexibility index (Phi) is 6.78. The standard InChI is InChI=1S/C7H14N2O2S.C2H6/c1-2-7-12(10,11)9-5-3-8-4-6-9;1-2/h2,8H,1,3-7H2;1-2H3. The van der Waals surface area contributed by atoms with Gasteiger partial charge in [-0.25, -0.2) is 8.42 Å². The van der Waals surface area contributed by atoms with Gasteiger partial charge in [0.2, 0.25) is 10.0 Å². The second kappa shape index (κ2) is 6.98. The first-order valence-corrected chi connectivity index (χ1v) is 6.57. The summed E-state index contributed by atoms with van der Waals surface area (Å²) < 4.78 is 24.3. The van der Waals surface area contributed by atoms with E-state index in [1.165, 1.54) is 10.4 Å².